The summed E-state index contributed by atoms with van der Waals surface area (Å²) in [5.74, 6) is -1.63. The van der Waals surface area contributed by atoms with E-state index < -0.39 is 5.97 Å². The van der Waals surface area contributed by atoms with E-state index in [4.69, 9.17) is 9.84 Å². The summed E-state index contributed by atoms with van der Waals surface area (Å²) in [6, 6.07) is 19.6. The first-order valence-electron chi connectivity index (χ1n) is 10.1. The van der Waals surface area contributed by atoms with E-state index in [0.717, 1.165) is 5.56 Å². The Bertz CT molecular complexity index is 931. The van der Waals surface area contributed by atoms with Gasteiger partial charge < -0.3 is 14.6 Å². The third-order valence-electron chi connectivity index (χ3n) is 3.50. The third-order valence-corrected chi connectivity index (χ3v) is 3.50. The number of carboxylic acid groups (broad SMARTS) is 1. The molecule has 1 N–H and O–H groups in total. The van der Waals surface area contributed by atoms with Crippen LogP contribution in [0.15, 0.2) is 104 Å². The monoisotopic (exact) mass is 466 g/mol. The molecule has 0 aliphatic rings. The van der Waals surface area contributed by atoms with Crippen LogP contribution >= 0.6 is 0 Å². The zero-order valence-electron chi connectivity index (χ0n) is 20.4. The van der Waals surface area contributed by atoms with Crippen molar-refractivity contribution in [1.29, 1.82) is 0 Å². The van der Waals surface area contributed by atoms with Gasteiger partial charge in [0, 0.05) is 16.7 Å². The summed E-state index contributed by atoms with van der Waals surface area (Å²) < 4.78 is 9.22. The number of rotatable bonds is 6. The van der Waals surface area contributed by atoms with Gasteiger partial charge in [-0.15, -0.1) is 0 Å². The lowest BCUT2D eigenvalue weighted by molar-refractivity contribution is -0.140. The van der Waals surface area contributed by atoms with Crippen LogP contribution in [0.3, 0.4) is 0 Å². The second-order valence-electron chi connectivity index (χ2n) is 6.81. The van der Waals surface area contributed by atoms with Crippen molar-refractivity contribution in [3.63, 3.8) is 0 Å². The van der Waals surface area contributed by atoms with Gasteiger partial charge in [-0.3, -0.25) is 0 Å². The number of carbonyl (C=O) groups is 3. The number of methoxy groups -OCH3 is 1. The molecule has 182 valence electrons. The van der Waals surface area contributed by atoms with Gasteiger partial charge in [0.25, 0.3) is 0 Å². The predicted octanol–water partition coefficient (Wildman–Crippen LogP) is 6.02. The summed E-state index contributed by atoms with van der Waals surface area (Å²) in [7, 11) is 1.33. The summed E-state index contributed by atoms with van der Waals surface area (Å²) in [5.41, 5.74) is 3.19. The van der Waals surface area contributed by atoms with Crippen molar-refractivity contribution >= 4 is 24.0 Å². The lowest BCUT2D eigenvalue weighted by atomic mass is 10.2. The molecule has 0 radical (unpaired) electrons. The van der Waals surface area contributed by atoms with Crippen LogP contribution < -0.4 is 0 Å². The van der Waals surface area contributed by atoms with E-state index in [1.54, 1.807) is 13.8 Å². The van der Waals surface area contributed by atoms with Gasteiger partial charge in [-0.2, -0.15) is 0 Å². The maximum absolute atomic E-state index is 11.0. The topological polar surface area (TPSA) is 89.9 Å². The summed E-state index contributed by atoms with van der Waals surface area (Å²) in [5, 5.41) is 7.89. The molecule has 0 unspecified atom stereocenters. The van der Waals surface area contributed by atoms with Gasteiger partial charge in [0.15, 0.2) is 0 Å². The van der Waals surface area contributed by atoms with E-state index in [2.05, 4.69) is 31.1 Å². The Balaban J connectivity index is 0. The fourth-order valence-corrected chi connectivity index (χ4v) is 1.61. The first kappa shape index (κ1) is 32.0. The Labute approximate surface area is 202 Å². The number of carboxylic acids is 1. The van der Waals surface area contributed by atoms with Gasteiger partial charge in [-0.05, 0) is 31.9 Å². The van der Waals surface area contributed by atoms with Crippen molar-refractivity contribution < 1.29 is 29.0 Å². The number of ether oxygens (including phenoxy) is 2. The maximum atomic E-state index is 11.0. The summed E-state index contributed by atoms with van der Waals surface area (Å²) >= 11 is 0. The number of carbonyl (C=O) groups excluding carboxylic acids is 2. The van der Waals surface area contributed by atoms with Crippen molar-refractivity contribution in [3.05, 3.63) is 115 Å². The smallest absolute Gasteiger partial charge is 0.333 e. The van der Waals surface area contributed by atoms with Gasteiger partial charge in [-0.1, -0.05) is 93.1 Å². The van der Waals surface area contributed by atoms with Gasteiger partial charge in [0.2, 0.25) is 0 Å². The lowest BCUT2D eigenvalue weighted by Crippen LogP contribution is -2.04. The zero-order chi connectivity index (χ0) is 26.5. The van der Waals surface area contributed by atoms with Gasteiger partial charge in [0.05, 0.1) is 7.11 Å². The fraction of sp³-hybridized carbons (Fsp3) is 0.179. The SMILES string of the molecule is C=C(C)C(=O)O.C=C(C)C(=O)OC.C=C(C)C(=O)OCc1ccccc1.C=Cc1ccccc1. The molecular weight excluding hydrogens is 432 g/mol. The highest BCUT2D eigenvalue weighted by Gasteiger charge is 2.02. The predicted molar refractivity (Wildman–Crippen MR) is 137 cm³/mol. The number of hydrogen-bond donors (Lipinski definition) is 1. The van der Waals surface area contributed by atoms with Crippen molar-refractivity contribution in [2.45, 2.75) is 27.4 Å². The second kappa shape index (κ2) is 19.5. The average molecular weight is 467 g/mol. The van der Waals surface area contributed by atoms with Crippen LogP contribution in [-0.4, -0.2) is 30.1 Å². The lowest BCUT2D eigenvalue weighted by Gasteiger charge is -2.03. The minimum absolute atomic E-state index is 0.176. The minimum atomic E-state index is -0.935. The van der Waals surface area contributed by atoms with Gasteiger partial charge in [0.1, 0.15) is 6.61 Å². The van der Waals surface area contributed by atoms with Crippen LogP contribution in [0.5, 0.6) is 0 Å². The van der Waals surface area contributed by atoms with E-state index in [-0.39, 0.29) is 17.5 Å². The summed E-state index contributed by atoms with van der Waals surface area (Å²) in [6.45, 7) is 18.6. The van der Waals surface area contributed by atoms with E-state index in [1.807, 2.05) is 66.7 Å². The van der Waals surface area contributed by atoms with Crippen LogP contribution in [0.25, 0.3) is 6.08 Å². The first-order valence-corrected chi connectivity index (χ1v) is 10.1. The van der Waals surface area contributed by atoms with Gasteiger partial charge in [-0.25, -0.2) is 14.4 Å². The molecule has 6 nitrogen and oxygen atoms in total. The van der Waals surface area contributed by atoms with Crippen LogP contribution in [0.4, 0.5) is 0 Å². The Hall–Kier alpha value is -4.19. The highest BCUT2D eigenvalue weighted by Crippen LogP contribution is 2.02. The van der Waals surface area contributed by atoms with Crippen molar-refractivity contribution in [3.8, 4) is 0 Å². The zero-order valence-corrected chi connectivity index (χ0v) is 20.4. The van der Waals surface area contributed by atoms with Crippen molar-refractivity contribution in [2.24, 2.45) is 0 Å². The standard InChI is InChI=1S/C11H12O2.C8H8.C5H8O2.C4H6O2/c1-9(2)11(12)13-8-10-6-4-3-5-7-10;1-2-8-6-4-3-5-7-8;1-4(2)5(6)7-3;1-3(2)4(5)6/h3-7H,1,8H2,2H3;2-7H,1H2;1H2,2-3H3;1H2,2H3,(H,5,6). The molecule has 0 amide bonds. The molecule has 0 aliphatic carbocycles. The number of esters is 2. The molecule has 34 heavy (non-hydrogen) atoms. The first-order chi connectivity index (χ1) is 16.0. The molecular formula is C28H34O6. The van der Waals surface area contributed by atoms with Crippen LogP contribution in [0.1, 0.15) is 31.9 Å². The third kappa shape index (κ3) is 18.6. The molecule has 0 fully saturated rings. The van der Waals surface area contributed by atoms with Crippen LogP contribution in [0, 0.1) is 0 Å². The Morgan fingerprint density at radius 3 is 1.47 bits per heavy atom. The number of aliphatic carboxylic acids is 1. The molecule has 2 rings (SSSR count). The van der Waals surface area contributed by atoms with Crippen LogP contribution in [0.2, 0.25) is 0 Å². The fourth-order valence-electron chi connectivity index (χ4n) is 1.61. The highest BCUT2D eigenvalue weighted by molar-refractivity contribution is 5.87. The van der Waals surface area contributed by atoms with Crippen molar-refractivity contribution in [2.75, 3.05) is 7.11 Å². The molecule has 2 aromatic rings. The van der Waals surface area contributed by atoms with Crippen LogP contribution in [-0.2, 0) is 30.5 Å². The molecule has 0 atom stereocenters. The molecule has 0 aliphatic heterocycles. The Morgan fingerprint density at radius 1 is 0.794 bits per heavy atom. The highest BCUT2D eigenvalue weighted by atomic mass is 16.5. The second-order valence-corrected chi connectivity index (χ2v) is 6.81. The van der Waals surface area contributed by atoms with E-state index >= 15 is 0 Å². The number of hydrogen-bond acceptors (Lipinski definition) is 5. The van der Waals surface area contributed by atoms with E-state index in [9.17, 15) is 14.4 Å². The Kier molecular flexibility index (Phi) is 18.3. The molecule has 0 heterocycles. The molecule has 0 aromatic heterocycles. The quantitative estimate of drug-likeness (QED) is 0.414. The molecule has 0 saturated carbocycles. The summed E-state index contributed by atoms with van der Waals surface area (Å²) in [4.78, 5) is 30.8. The van der Waals surface area contributed by atoms with E-state index in [0.29, 0.717) is 17.8 Å². The molecule has 0 spiro atoms. The van der Waals surface area contributed by atoms with Gasteiger partial charge >= 0.3 is 17.9 Å². The summed E-state index contributed by atoms with van der Waals surface area (Å²) in [6.07, 6.45) is 1.83. The molecule has 2 aromatic carbocycles. The Morgan fingerprint density at radius 2 is 1.21 bits per heavy atom. The van der Waals surface area contributed by atoms with Crippen molar-refractivity contribution in [1.82, 2.24) is 0 Å². The molecule has 0 bridgehead atoms. The maximum Gasteiger partial charge on any atom is 0.333 e. The normalized spacial score (nSPS) is 8.47. The van der Waals surface area contributed by atoms with E-state index in [1.165, 1.54) is 19.6 Å². The number of benzene rings is 2. The molecule has 0 saturated heterocycles. The minimum Gasteiger partial charge on any atom is -0.478 e. The average Bonchev–Trinajstić information content (AvgIpc) is 2.84. The molecule has 6 heteroatoms. The largest absolute Gasteiger partial charge is 0.478 e.